The van der Waals surface area contributed by atoms with Gasteiger partial charge in [-0.15, -0.1) is 11.8 Å². The topological polar surface area (TPSA) is 74.7 Å². The SMILES string of the molecule is O=C(O)c1ccccc1SC1CC(=O)N(C2CCCC2)C1=O. The van der Waals surface area contributed by atoms with Gasteiger partial charge in [0.05, 0.1) is 10.8 Å². The second-order valence-electron chi connectivity index (χ2n) is 5.65. The van der Waals surface area contributed by atoms with E-state index in [9.17, 15) is 19.5 Å². The highest BCUT2D eigenvalue weighted by molar-refractivity contribution is 8.00. The van der Waals surface area contributed by atoms with Crippen LogP contribution in [-0.2, 0) is 9.59 Å². The quantitative estimate of drug-likeness (QED) is 0.863. The molecule has 0 aromatic heterocycles. The Morgan fingerprint density at radius 2 is 1.86 bits per heavy atom. The summed E-state index contributed by atoms with van der Waals surface area (Å²) in [5.74, 6) is -1.31. The summed E-state index contributed by atoms with van der Waals surface area (Å²) in [7, 11) is 0. The Balaban J connectivity index is 1.78. The van der Waals surface area contributed by atoms with Crippen LogP contribution in [0.4, 0.5) is 0 Å². The Morgan fingerprint density at radius 3 is 2.55 bits per heavy atom. The van der Waals surface area contributed by atoms with Crippen LogP contribution in [0.15, 0.2) is 29.2 Å². The lowest BCUT2D eigenvalue weighted by atomic mass is 10.2. The largest absolute Gasteiger partial charge is 0.478 e. The zero-order chi connectivity index (χ0) is 15.7. The predicted octanol–water partition coefficient (Wildman–Crippen LogP) is 2.55. The summed E-state index contributed by atoms with van der Waals surface area (Å²) >= 11 is 1.19. The van der Waals surface area contributed by atoms with Crippen LogP contribution in [0.25, 0.3) is 0 Å². The molecule has 0 bridgehead atoms. The number of nitrogens with zero attached hydrogens (tertiary/aromatic N) is 1. The molecule has 22 heavy (non-hydrogen) atoms. The summed E-state index contributed by atoms with van der Waals surface area (Å²) in [6.45, 7) is 0. The van der Waals surface area contributed by atoms with E-state index < -0.39 is 11.2 Å². The molecule has 1 saturated carbocycles. The van der Waals surface area contributed by atoms with Gasteiger partial charge in [-0.2, -0.15) is 0 Å². The molecule has 3 rings (SSSR count). The molecule has 2 fully saturated rings. The van der Waals surface area contributed by atoms with Crippen LogP contribution < -0.4 is 0 Å². The molecule has 1 aliphatic heterocycles. The number of aromatic carboxylic acids is 1. The summed E-state index contributed by atoms with van der Waals surface area (Å²) < 4.78 is 0. The van der Waals surface area contributed by atoms with Crippen molar-refractivity contribution in [3.8, 4) is 0 Å². The maximum Gasteiger partial charge on any atom is 0.336 e. The van der Waals surface area contributed by atoms with E-state index >= 15 is 0 Å². The minimum absolute atomic E-state index is 0.0420. The van der Waals surface area contributed by atoms with Gasteiger partial charge in [0, 0.05) is 17.4 Å². The van der Waals surface area contributed by atoms with Gasteiger partial charge in [-0.05, 0) is 25.0 Å². The molecule has 0 radical (unpaired) electrons. The van der Waals surface area contributed by atoms with E-state index in [-0.39, 0.29) is 29.8 Å². The number of benzene rings is 1. The lowest BCUT2D eigenvalue weighted by Crippen LogP contribution is -2.39. The van der Waals surface area contributed by atoms with Gasteiger partial charge < -0.3 is 5.11 Å². The first kappa shape index (κ1) is 15.1. The zero-order valence-electron chi connectivity index (χ0n) is 12.0. The smallest absolute Gasteiger partial charge is 0.336 e. The van der Waals surface area contributed by atoms with E-state index in [0.717, 1.165) is 25.7 Å². The fourth-order valence-electron chi connectivity index (χ4n) is 3.16. The lowest BCUT2D eigenvalue weighted by Gasteiger charge is -2.22. The minimum atomic E-state index is -1.02. The fraction of sp³-hybridized carbons (Fsp3) is 0.438. The molecule has 2 aliphatic rings. The Bertz CT molecular complexity index is 624. The van der Waals surface area contributed by atoms with Crippen molar-refractivity contribution in [3.63, 3.8) is 0 Å². The van der Waals surface area contributed by atoms with Crippen molar-refractivity contribution in [3.05, 3.63) is 29.8 Å². The molecule has 1 atom stereocenters. The van der Waals surface area contributed by atoms with Crippen LogP contribution >= 0.6 is 11.8 Å². The van der Waals surface area contributed by atoms with Crippen LogP contribution in [0, 0.1) is 0 Å². The first-order valence-electron chi connectivity index (χ1n) is 7.43. The number of rotatable bonds is 4. The maximum absolute atomic E-state index is 12.5. The number of carbonyl (C=O) groups excluding carboxylic acids is 2. The standard InChI is InChI=1S/C16H17NO4S/c18-14-9-13(15(19)17(14)10-5-1-2-6-10)22-12-8-4-3-7-11(12)16(20)21/h3-4,7-8,10,13H,1-2,5-6,9H2,(H,20,21). The molecular formula is C16H17NO4S. The molecule has 1 saturated heterocycles. The van der Waals surface area contributed by atoms with Gasteiger partial charge in [0.25, 0.3) is 0 Å². The molecule has 1 aliphatic carbocycles. The number of amides is 2. The van der Waals surface area contributed by atoms with Crippen LogP contribution in [0.1, 0.15) is 42.5 Å². The van der Waals surface area contributed by atoms with Gasteiger partial charge in [-0.3, -0.25) is 14.5 Å². The van der Waals surface area contributed by atoms with Crippen LogP contribution in [0.5, 0.6) is 0 Å². The lowest BCUT2D eigenvalue weighted by molar-refractivity contribution is -0.140. The van der Waals surface area contributed by atoms with Crippen LogP contribution in [-0.4, -0.2) is 39.1 Å². The molecule has 1 heterocycles. The Kier molecular flexibility index (Phi) is 4.20. The summed E-state index contributed by atoms with van der Waals surface area (Å²) in [5, 5.41) is 8.70. The van der Waals surface area contributed by atoms with Gasteiger partial charge in [-0.25, -0.2) is 4.79 Å². The third kappa shape index (κ3) is 2.75. The first-order chi connectivity index (χ1) is 10.6. The summed E-state index contributed by atoms with van der Waals surface area (Å²) in [6, 6.07) is 6.63. The highest BCUT2D eigenvalue weighted by Gasteiger charge is 2.43. The van der Waals surface area contributed by atoms with Crippen LogP contribution in [0.2, 0.25) is 0 Å². The van der Waals surface area contributed by atoms with E-state index in [1.54, 1.807) is 18.2 Å². The Morgan fingerprint density at radius 1 is 1.18 bits per heavy atom. The van der Waals surface area contributed by atoms with Crippen LogP contribution in [0.3, 0.4) is 0 Å². The highest BCUT2D eigenvalue weighted by atomic mass is 32.2. The predicted molar refractivity (Wildman–Crippen MR) is 81.8 cm³/mol. The Hall–Kier alpha value is -1.82. The summed E-state index contributed by atoms with van der Waals surface area (Å²) in [4.78, 5) is 37.9. The molecule has 1 N–H and O–H groups in total. The van der Waals surface area contributed by atoms with E-state index in [2.05, 4.69) is 0 Å². The van der Waals surface area contributed by atoms with Crippen molar-refractivity contribution < 1.29 is 19.5 Å². The molecule has 1 aromatic rings. The molecule has 2 amide bonds. The highest BCUT2D eigenvalue weighted by Crippen LogP contribution is 2.36. The van der Waals surface area contributed by atoms with E-state index in [0.29, 0.717) is 4.90 Å². The molecule has 116 valence electrons. The fourth-order valence-corrected chi connectivity index (χ4v) is 4.35. The number of likely N-dealkylation sites (tertiary alicyclic amines) is 1. The van der Waals surface area contributed by atoms with Gasteiger partial charge in [-0.1, -0.05) is 25.0 Å². The van der Waals surface area contributed by atoms with Crippen molar-refractivity contribution in [2.24, 2.45) is 0 Å². The zero-order valence-corrected chi connectivity index (χ0v) is 12.8. The number of carbonyl (C=O) groups is 3. The number of hydrogen-bond acceptors (Lipinski definition) is 4. The molecule has 0 spiro atoms. The van der Waals surface area contributed by atoms with Gasteiger partial charge >= 0.3 is 5.97 Å². The number of imide groups is 1. The number of carboxylic acids is 1. The number of carboxylic acid groups (broad SMARTS) is 1. The monoisotopic (exact) mass is 319 g/mol. The van der Waals surface area contributed by atoms with Crippen molar-refractivity contribution in [2.75, 3.05) is 0 Å². The minimum Gasteiger partial charge on any atom is -0.478 e. The second kappa shape index (κ2) is 6.12. The van der Waals surface area contributed by atoms with E-state index in [1.165, 1.54) is 22.7 Å². The van der Waals surface area contributed by atoms with E-state index in [1.807, 2.05) is 0 Å². The molecule has 5 nitrogen and oxygen atoms in total. The molecule has 6 heteroatoms. The van der Waals surface area contributed by atoms with Crippen molar-refractivity contribution >= 4 is 29.5 Å². The first-order valence-corrected chi connectivity index (χ1v) is 8.31. The number of hydrogen-bond donors (Lipinski definition) is 1. The van der Waals surface area contributed by atoms with Crippen molar-refractivity contribution in [1.82, 2.24) is 4.90 Å². The average molecular weight is 319 g/mol. The summed E-state index contributed by atoms with van der Waals surface area (Å²) in [6.07, 6.45) is 4.05. The number of thioether (sulfide) groups is 1. The van der Waals surface area contributed by atoms with E-state index in [4.69, 9.17) is 0 Å². The van der Waals surface area contributed by atoms with Crippen molar-refractivity contribution in [2.45, 2.75) is 48.3 Å². The maximum atomic E-state index is 12.5. The van der Waals surface area contributed by atoms with Gasteiger partial charge in [0.1, 0.15) is 0 Å². The summed E-state index contributed by atoms with van der Waals surface area (Å²) in [5.41, 5.74) is 0.173. The second-order valence-corrected chi connectivity index (χ2v) is 6.90. The van der Waals surface area contributed by atoms with Gasteiger partial charge in [0.15, 0.2) is 0 Å². The molecular weight excluding hydrogens is 302 g/mol. The normalized spacial score (nSPS) is 22.5. The average Bonchev–Trinajstić information content (AvgIpc) is 3.08. The third-order valence-electron chi connectivity index (χ3n) is 4.22. The third-order valence-corrected chi connectivity index (χ3v) is 5.48. The van der Waals surface area contributed by atoms with Crippen molar-refractivity contribution in [1.29, 1.82) is 0 Å². The Labute approximate surface area is 132 Å². The van der Waals surface area contributed by atoms with Gasteiger partial charge in [0.2, 0.25) is 11.8 Å². The molecule has 1 unspecified atom stereocenters. The molecule has 1 aromatic carbocycles.